The molecular formula is C14H15N3O3S. The van der Waals surface area contributed by atoms with Gasteiger partial charge < -0.3 is 10.3 Å². The number of hydrogen-bond donors (Lipinski definition) is 3. The van der Waals surface area contributed by atoms with E-state index in [0.29, 0.717) is 11.3 Å². The van der Waals surface area contributed by atoms with Crippen LogP contribution >= 0.6 is 0 Å². The number of rotatable bonds is 3. The van der Waals surface area contributed by atoms with E-state index >= 15 is 0 Å². The number of benzene rings is 1. The van der Waals surface area contributed by atoms with Crippen molar-refractivity contribution in [3.63, 3.8) is 0 Å². The lowest BCUT2D eigenvalue weighted by Gasteiger charge is -2.10. The average Bonchev–Trinajstić information content (AvgIpc) is 3.00. The molecule has 1 aliphatic heterocycles. The Bertz CT molecular complexity index is 824. The quantitative estimate of drug-likeness (QED) is 0.798. The van der Waals surface area contributed by atoms with Gasteiger partial charge in [-0.25, -0.2) is 13.1 Å². The Balaban J connectivity index is 2.16. The topological polar surface area (TPSA) is 91.1 Å². The number of aryl methyl sites for hydroxylation is 1. The number of amides is 1. The van der Waals surface area contributed by atoms with Crippen molar-refractivity contribution < 1.29 is 13.2 Å². The van der Waals surface area contributed by atoms with Gasteiger partial charge in [-0.2, -0.15) is 0 Å². The molecule has 2 aromatic rings. The van der Waals surface area contributed by atoms with E-state index in [2.05, 4.69) is 15.0 Å². The minimum absolute atomic E-state index is 0.147. The molecule has 1 aromatic carbocycles. The maximum absolute atomic E-state index is 12.2. The van der Waals surface area contributed by atoms with Crippen LogP contribution in [0, 0.1) is 6.92 Å². The number of fused-ring (bicyclic) bond motifs is 1. The molecule has 0 aliphatic carbocycles. The summed E-state index contributed by atoms with van der Waals surface area (Å²) in [6, 6.07) is 6.50. The minimum Gasteiger partial charge on any atom is -0.365 e. The Morgan fingerprint density at radius 3 is 2.57 bits per heavy atom. The van der Waals surface area contributed by atoms with Crippen LogP contribution in [0.1, 0.15) is 22.7 Å². The molecule has 3 N–H and O–H groups in total. The highest BCUT2D eigenvalue weighted by Crippen LogP contribution is 2.39. The van der Waals surface area contributed by atoms with E-state index in [1.165, 1.54) is 13.1 Å². The Hall–Kier alpha value is -2.12. The minimum atomic E-state index is -3.54. The molecule has 0 spiro atoms. The molecule has 1 aromatic heterocycles. The first kappa shape index (κ1) is 13.8. The number of carbonyl (C=O) groups excluding carboxylic acids is 1. The molecule has 1 aliphatic rings. The van der Waals surface area contributed by atoms with Crippen LogP contribution in [0.2, 0.25) is 0 Å². The van der Waals surface area contributed by atoms with Gasteiger partial charge in [0.25, 0.3) is 0 Å². The Morgan fingerprint density at radius 2 is 1.95 bits per heavy atom. The SMILES string of the molecule is CNS(=O)(=O)c1ccc2c(c1)C(c1cc[nH]c1C)C(=O)N2. The number of sulfonamides is 1. The van der Waals surface area contributed by atoms with E-state index in [9.17, 15) is 13.2 Å². The number of aromatic amines is 1. The number of carbonyl (C=O) groups is 1. The summed E-state index contributed by atoms with van der Waals surface area (Å²) in [7, 11) is -2.18. The molecule has 1 amide bonds. The van der Waals surface area contributed by atoms with Crippen LogP contribution < -0.4 is 10.0 Å². The summed E-state index contributed by atoms with van der Waals surface area (Å²) in [5, 5.41) is 2.79. The number of aromatic nitrogens is 1. The van der Waals surface area contributed by atoms with E-state index in [1.807, 2.05) is 13.0 Å². The number of nitrogens with one attached hydrogen (secondary N) is 3. The molecule has 3 rings (SSSR count). The van der Waals surface area contributed by atoms with Gasteiger partial charge in [0.15, 0.2) is 0 Å². The van der Waals surface area contributed by atoms with Gasteiger partial charge in [-0.1, -0.05) is 0 Å². The van der Waals surface area contributed by atoms with Gasteiger partial charge in [0.05, 0.1) is 10.8 Å². The van der Waals surface area contributed by atoms with Crippen molar-refractivity contribution in [3.05, 3.63) is 47.3 Å². The highest BCUT2D eigenvalue weighted by molar-refractivity contribution is 7.89. The van der Waals surface area contributed by atoms with Crippen molar-refractivity contribution in [3.8, 4) is 0 Å². The van der Waals surface area contributed by atoms with Crippen LogP contribution in [-0.4, -0.2) is 26.4 Å². The highest BCUT2D eigenvalue weighted by Gasteiger charge is 2.34. The smallest absolute Gasteiger partial charge is 0.240 e. The van der Waals surface area contributed by atoms with E-state index < -0.39 is 15.9 Å². The van der Waals surface area contributed by atoms with Crippen LogP contribution in [-0.2, 0) is 14.8 Å². The lowest BCUT2D eigenvalue weighted by Crippen LogP contribution is -2.18. The maximum Gasteiger partial charge on any atom is 0.240 e. The van der Waals surface area contributed by atoms with E-state index in [0.717, 1.165) is 11.3 Å². The van der Waals surface area contributed by atoms with E-state index in [-0.39, 0.29) is 10.8 Å². The third-order valence-corrected chi connectivity index (χ3v) is 5.15. The first-order valence-corrected chi connectivity index (χ1v) is 7.94. The first-order valence-electron chi connectivity index (χ1n) is 6.46. The predicted octanol–water partition coefficient (Wildman–Crippen LogP) is 1.32. The fourth-order valence-electron chi connectivity index (χ4n) is 2.61. The van der Waals surface area contributed by atoms with Crippen molar-refractivity contribution >= 4 is 21.6 Å². The van der Waals surface area contributed by atoms with Gasteiger partial charge in [0.2, 0.25) is 15.9 Å². The molecule has 0 fully saturated rings. The largest absolute Gasteiger partial charge is 0.365 e. The fourth-order valence-corrected chi connectivity index (χ4v) is 3.38. The molecule has 0 saturated heterocycles. The maximum atomic E-state index is 12.2. The molecule has 0 saturated carbocycles. The summed E-state index contributed by atoms with van der Waals surface area (Å²) in [6.07, 6.45) is 1.77. The third-order valence-electron chi connectivity index (χ3n) is 3.74. The van der Waals surface area contributed by atoms with Crippen LogP contribution in [0.5, 0.6) is 0 Å². The van der Waals surface area contributed by atoms with Gasteiger partial charge in [0, 0.05) is 17.6 Å². The monoisotopic (exact) mass is 305 g/mol. The molecule has 1 unspecified atom stereocenters. The van der Waals surface area contributed by atoms with Crippen LogP contribution in [0.25, 0.3) is 0 Å². The van der Waals surface area contributed by atoms with Crippen molar-refractivity contribution in [2.75, 3.05) is 12.4 Å². The molecular weight excluding hydrogens is 290 g/mol. The Morgan fingerprint density at radius 1 is 1.19 bits per heavy atom. The zero-order valence-electron chi connectivity index (χ0n) is 11.6. The lowest BCUT2D eigenvalue weighted by atomic mass is 9.93. The van der Waals surface area contributed by atoms with E-state index in [1.54, 1.807) is 18.3 Å². The van der Waals surface area contributed by atoms with Crippen LogP contribution in [0.3, 0.4) is 0 Å². The van der Waals surface area contributed by atoms with Crippen molar-refractivity contribution in [1.29, 1.82) is 0 Å². The summed E-state index contributed by atoms with van der Waals surface area (Å²) in [5.41, 5.74) is 3.08. The van der Waals surface area contributed by atoms with Crippen molar-refractivity contribution in [1.82, 2.24) is 9.71 Å². The van der Waals surface area contributed by atoms with Gasteiger partial charge in [-0.15, -0.1) is 0 Å². The standard InChI is InChI=1S/C14H15N3O3S/c1-8-10(5-6-16-8)13-11-7-9(21(19,20)15-2)3-4-12(11)17-14(13)18/h3-7,13,15-16H,1-2H3,(H,17,18). The van der Waals surface area contributed by atoms with Crippen LogP contribution in [0.15, 0.2) is 35.4 Å². The van der Waals surface area contributed by atoms with Gasteiger partial charge in [0.1, 0.15) is 0 Å². The van der Waals surface area contributed by atoms with Gasteiger partial charge >= 0.3 is 0 Å². The molecule has 110 valence electrons. The zero-order chi connectivity index (χ0) is 15.2. The predicted molar refractivity (Wildman–Crippen MR) is 78.7 cm³/mol. The summed E-state index contributed by atoms with van der Waals surface area (Å²) >= 11 is 0. The van der Waals surface area contributed by atoms with Gasteiger partial charge in [-0.3, -0.25) is 4.79 Å². The second-order valence-corrected chi connectivity index (χ2v) is 6.82. The normalized spacial score (nSPS) is 17.6. The van der Waals surface area contributed by atoms with E-state index in [4.69, 9.17) is 0 Å². The van der Waals surface area contributed by atoms with Crippen molar-refractivity contribution in [2.45, 2.75) is 17.7 Å². The number of hydrogen-bond acceptors (Lipinski definition) is 3. The lowest BCUT2D eigenvalue weighted by molar-refractivity contribution is -0.116. The number of H-pyrrole nitrogens is 1. The first-order chi connectivity index (χ1) is 9.94. The third kappa shape index (κ3) is 2.14. The molecule has 6 nitrogen and oxygen atoms in total. The molecule has 1 atom stereocenters. The number of anilines is 1. The molecule has 7 heteroatoms. The second-order valence-electron chi connectivity index (χ2n) is 4.94. The summed E-state index contributed by atoms with van der Waals surface area (Å²) < 4.78 is 26.1. The Kier molecular flexibility index (Phi) is 3.11. The Labute approximate surface area is 122 Å². The highest BCUT2D eigenvalue weighted by atomic mass is 32.2. The summed E-state index contributed by atoms with van der Waals surface area (Å²) in [6.45, 7) is 1.88. The van der Waals surface area contributed by atoms with Crippen molar-refractivity contribution in [2.24, 2.45) is 0 Å². The van der Waals surface area contributed by atoms with Crippen LogP contribution in [0.4, 0.5) is 5.69 Å². The van der Waals surface area contributed by atoms with Gasteiger partial charge in [-0.05, 0) is 49.4 Å². The summed E-state index contributed by atoms with van der Waals surface area (Å²) in [5.74, 6) is -0.634. The average molecular weight is 305 g/mol. The fraction of sp³-hybridized carbons (Fsp3) is 0.214. The molecule has 0 radical (unpaired) electrons. The molecule has 2 heterocycles. The zero-order valence-corrected chi connectivity index (χ0v) is 12.4. The molecule has 0 bridgehead atoms. The molecule has 21 heavy (non-hydrogen) atoms. The summed E-state index contributed by atoms with van der Waals surface area (Å²) in [4.78, 5) is 15.4. The second kappa shape index (κ2) is 4.71.